The average molecular weight is 219 g/mol. The second-order valence-electron chi connectivity index (χ2n) is 4.11. The smallest absolute Gasteiger partial charge is 0.234 e. The van der Waals surface area contributed by atoms with Gasteiger partial charge >= 0.3 is 0 Å². The van der Waals surface area contributed by atoms with E-state index in [1.54, 1.807) is 11.8 Å². The van der Waals surface area contributed by atoms with Crippen molar-refractivity contribution in [2.24, 2.45) is 0 Å². The third kappa shape index (κ3) is 1.65. The summed E-state index contributed by atoms with van der Waals surface area (Å²) in [4.78, 5) is 13.8. The van der Waals surface area contributed by atoms with Crippen LogP contribution < -0.4 is 0 Å². The fourth-order valence-corrected chi connectivity index (χ4v) is 3.31. The van der Waals surface area contributed by atoms with Gasteiger partial charge in [-0.3, -0.25) is 4.79 Å². The molecule has 3 rings (SSSR count). The summed E-state index contributed by atoms with van der Waals surface area (Å²) in [6.45, 7) is 0. The van der Waals surface area contributed by atoms with Gasteiger partial charge in [-0.2, -0.15) is 0 Å². The highest BCUT2D eigenvalue weighted by Crippen LogP contribution is 2.44. The molecule has 0 bridgehead atoms. The van der Waals surface area contributed by atoms with Crippen LogP contribution in [0.4, 0.5) is 0 Å². The van der Waals surface area contributed by atoms with E-state index in [1.165, 1.54) is 18.4 Å². The molecule has 3 heteroatoms. The predicted molar refractivity (Wildman–Crippen MR) is 61.5 cm³/mol. The molecule has 2 fully saturated rings. The van der Waals surface area contributed by atoms with Crippen LogP contribution in [-0.2, 0) is 4.79 Å². The number of benzene rings is 1. The molecule has 1 aliphatic heterocycles. The van der Waals surface area contributed by atoms with Crippen LogP contribution in [0.3, 0.4) is 0 Å². The number of hydrogen-bond donors (Lipinski definition) is 0. The maximum absolute atomic E-state index is 11.7. The Balaban J connectivity index is 1.89. The van der Waals surface area contributed by atoms with Gasteiger partial charge in [-0.25, -0.2) is 0 Å². The molecule has 2 nitrogen and oxygen atoms in total. The summed E-state index contributed by atoms with van der Waals surface area (Å²) in [7, 11) is 0. The first-order valence-electron chi connectivity index (χ1n) is 5.34. The van der Waals surface area contributed by atoms with E-state index >= 15 is 0 Å². The van der Waals surface area contributed by atoms with Gasteiger partial charge in [0.15, 0.2) is 0 Å². The van der Waals surface area contributed by atoms with E-state index in [1.807, 2.05) is 18.2 Å². The lowest BCUT2D eigenvalue weighted by Gasteiger charge is -2.23. The molecule has 0 aromatic heterocycles. The van der Waals surface area contributed by atoms with Crippen LogP contribution in [0.1, 0.15) is 23.8 Å². The molecule has 0 spiro atoms. The molecule has 2 aliphatic rings. The normalized spacial score (nSPS) is 26.0. The van der Waals surface area contributed by atoms with Crippen molar-refractivity contribution in [1.82, 2.24) is 4.90 Å². The topological polar surface area (TPSA) is 20.3 Å². The third-order valence-corrected chi connectivity index (χ3v) is 4.16. The summed E-state index contributed by atoms with van der Waals surface area (Å²) < 4.78 is 0. The van der Waals surface area contributed by atoms with Crippen LogP contribution in [0.25, 0.3) is 0 Å². The Bertz CT molecular complexity index is 374. The van der Waals surface area contributed by atoms with Crippen molar-refractivity contribution in [3.63, 3.8) is 0 Å². The van der Waals surface area contributed by atoms with Gasteiger partial charge in [0.05, 0.1) is 5.75 Å². The molecule has 1 saturated heterocycles. The molecule has 1 atom stereocenters. The van der Waals surface area contributed by atoms with E-state index < -0.39 is 0 Å². The van der Waals surface area contributed by atoms with Crippen LogP contribution in [-0.4, -0.2) is 22.6 Å². The maximum Gasteiger partial charge on any atom is 0.234 e. The van der Waals surface area contributed by atoms with E-state index in [4.69, 9.17) is 0 Å². The molecule has 1 aliphatic carbocycles. The molecule has 0 N–H and O–H groups in total. The van der Waals surface area contributed by atoms with Crippen molar-refractivity contribution in [2.45, 2.75) is 24.3 Å². The molecule has 1 amide bonds. The Morgan fingerprint density at radius 1 is 1.20 bits per heavy atom. The fourth-order valence-electron chi connectivity index (χ4n) is 2.06. The number of carbonyl (C=O) groups excluding carboxylic acids is 1. The van der Waals surface area contributed by atoms with Gasteiger partial charge in [0.2, 0.25) is 5.91 Å². The Morgan fingerprint density at radius 2 is 1.93 bits per heavy atom. The van der Waals surface area contributed by atoms with Crippen molar-refractivity contribution in [3.05, 3.63) is 35.9 Å². The summed E-state index contributed by atoms with van der Waals surface area (Å²) >= 11 is 1.76. The quantitative estimate of drug-likeness (QED) is 0.761. The lowest BCUT2D eigenvalue weighted by atomic mass is 10.2. The molecule has 1 heterocycles. The van der Waals surface area contributed by atoms with Gasteiger partial charge in [-0.05, 0) is 18.4 Å². The molecule has 1 aromatic rings. The second-order valence-corrected chi connectivity index (χ2v) is 5.17. The number of nitrogens with zero attached hydrogens (tertiary/aromatic N) is 1. The highest BCUT2D eigenvalue weighted by molar-refractivity contribution is 8.00. The lowest BCUT2D eigenvalue weighted by molar-refractivity contribution is -0.128. The minimum absolute atomic E-state index is 0.270. The van der Waals surface area contributed by atoms with E-state index in [2.05, 4.69) is 17.0 Å². The van der Waals surface area contributed by atoms with E-state index in [0.717, 1.165) is 0 Å². The zero-order valence-electron chi connectivity index (χ0n) is 8.43. The monoisotopic (exact) mass is 219 g/mol. The molecule has 0 unspecified atom stereocenters. The number of carbonyl (C=O) groups is 1. The summed E-state index contributed by atoms with van der Waals surface area (Å²) in [6.07, 6.45) is 2.38. The molecule has 15 heavy (non-hydrogen) atoms. The Kier molecular flexibility index (Phi) is 2.20. The number of amides is 1. The minimum Gasteiger partial charge on any atom is -0.323 e. The minimum atomic E-state index is 0.270. The summed E-state index contributed by atoms with van der Waals surface area (Å²) in [6, 6.07) is 10.9. The number of thioether (sulfide) groups is 1. The van der Waals surface area contributed by atoms with Crippen molar-refractivity contribution in [2.75, 3.05) is 5.75 Å². The van der Waals surface area contributed by atoms with E-state index in [-0.39, 0.29) is 5.37 Å². The summed E-state index contributed by atoms with van der Waals surface area (Å²) in [5.41, 5.74) is 1.26. The third-order valence-electron chi connectivity index (χ3n) is 2.93. The fraction of sp³-hybridized carbons (Fsp3) is 0.417. The van der Waals surface area contributed by atoms with Crippen LogP contribution in [0, 0.1) is 0 Å². The maximum atomic E-state index is 11.7. The van der Waals surface area contributed by atoms with Gasteiger partial charge in [0.25, 0.3) is 0 Å². The van der Waals surface area contributed by atoms with Gasteiger partial charge in [0, 0.05) is 6.04 Å². The van der Waals surface area contributed by atoms with Crippen molar-refractivity contribution < 1.29 is 4.79 Å². The van der Waals surface area contributed by atoms with Gasteiger partial charge in [-0.1, -0.05) is 30.3 Å². The first-order chi connectivity index (χ1) is 7.36. The van der Waals surface area contributed by atoms with Crippen LogP contribution in [0.15, 0.2) is 30.3 Å². The van der Waals surface area contributed by atoms with E-state index in [9.17, 15) is 4.79 Å². The first-order valence-corrected chi connectivity index (χ1v) is 6.39. The van der Waals surface area contributed by atoms with Crippen molar-refractivity contribution in [3.8, 4) is 0 Å². The van der Waals surface area contributed by atoms with Gasteiger partial charge < -0.3 is 4.90 Å². The van der Waals surface area contributed by atoms with Crippen LogP contribution >= 0.6 is 11.8 Å². The van der Waals surface area contributed by atoms with E-state index in [0.29, 0.717) is 17.7 Å². The zero-order chi connectivity index (χ0) is 10.3. The molecule has 1 saturated carbocycles. The zero-order valence-corrected chi connectivity index (χ0v) is 9.24. The molecule has 1 aromatic carbocycles. The standard InChI is InChI=1S/C12H13NOS/c14-11-8-15-12(13(11)10-6-7-10)9-4-2-1-3-5-9/h1-5,10,12H,6-8H2/t12-/m1/s1. The largest absolute Gasteiger partial charge is 0.323 e. The Labute approximate surface area is 93.7 Å². The second kappa shape index (κ2) is 3.56. The van der Waals surface area contributed by atoms with Gasteiger partial charge in [-0.15, -0.1) is 11.8 Å². The average Bonchev–Trinajstić information content (AvgIpc) is 3.03. The van der Waals surface area contributed by atoms with Crippen molar-refractivity contribution in [1.29, 1.82) is 0 Å². The highest BCUT2D eigenvalue weighted by Gasteiger charge is 2.42. The molecule has 78 valence electrons. The number of rotatable bonds is 2. The van der Waals surface area contributed by atoms with Gasteiger partial charge in [0.1, 0.15) is 5.37 Å². The SMILES string of the molecule is O=C1CS[C@H](c2ccccc2)N1C1CC1. The molecular weight excluding hydrogens is 206 g/mol. The molecule has 0 radical (unpaired) electrons. The van der Waals surface area contributed by atoms with Crippen molar-refractivity contribution >= 4 is 17.7 Å². The molecular formula is C12H13NOS. The highest BCUT2D eigenvalue weighted by atomic mass is 32.2. The summed E-state index contributed by atoms with van der Waals surface area (Å²) in [5, 5.41) is 0.270. The Morgan fingerprint density at radius 3 is 2.60 bits per heavy atom. The number of hydrogen-bond acceptors (Lipinski definition) is 2. The van der Waals surface area contributed by atoms with Crippen LogP contribution in [0.2, 0.25) is 0 Å². The predicted octanol–water partition coefficient (Wildman–Crippen LogP) is 2.42. The first kappa shape index (κ1) is 9.28. The van der Waals surface area contributed by atoms with Crippen LogP contribution in [0.5, 0.6) is 0 Å². The lowest BCUT2D eigenvalue weighted by Crippen LogP contribution is -2.30. The summed E-state index contributed by atoms with van der Waals surface area (Å²) in [5.74, 6) is 0.965. The Hall–Kier alpha value is -0.960.